The van der Waals surface area contributed by atoms with E-state index in [1.165, 1.54) is 12.0 Å². The number of hydrogen-bond donors (Lipinski definition) is 0. The molecule has 0 saturated carbocycles. The van der Waals surface area contributed by atoms with Crippen molar-refractivity contribution < 1.29 is 4.52 Å². The van der Waals surface area contributed by atoms with Gasteiger partial charge < -0.3 is 4.52 Å². The summed E-state index contributed by atoms with van der Waals surface area (Å²) in [5.41, 5.74) is 1.30. The number of piperidine rings is 1. The third-order valence-electron chi connectivity index (χ3n) is 2.38. The van der Waals surface area contributed by atoms with Crippen LogP contribution >= 0.6 is 0 Å². The predicted octanol–water partition coefficient (Wildman–Crippen LogP) is 1.53. The third kappa shape index (κ3) is 2.20. The zero-order valence-electron chi connectivity index (χ0n) is 8.49. The minimum Gasteiger partial charge on any atom is -0.338 e. The van der Waals surface area contributed by atoms with Gasteiger partial charge in [-0.05, 0) is 26.3 Å². The summed E-state index contributed by atoms with van der Waals surface area (Å²) in [6, 6.07) is 0. The Balaban J connectivity index is 1.93. The van der Waals surface area contributed by atoms with E-state index in [9.17, 15) is 0 Å². The molecule has 2 rings (SSSR count). The first-order valence-electron chi connectivity index (χ1n) is 4.92. The van der Waals surface area contributed by atoms with E-state index < -0.39 is 0 Å². The lowest BCUT2D eigenvalue weighted by atomic mass is 10.1. The largest absolute Gasteiger partial charge is 0.338 e. The maximum atomic E-state index is 5.07. The van der Waals surface area contributed by atoms with Crippen molar-refractivity contribution in [2.75, 3.05) is 13.1 Å². The Morgan fingerprint density at radius 2 is 2.43 bits per heavy atom. The second-order valence-electron chi connectivity index (χ2n) is 3.80. The number of aryl methyl sites for hydroxylation is 1. The highest BCUT2D eigenvalue weighted by Gasteiger charge is 2.15. The van der Waals surface area contributed by atoms with Crippen molar-refractivity contribution in [1.29, 1.82) is 0 Å². The van der Waals surface area contributed by atoms with Gasteiger partial charge in [0, 0.05) is 6.54 Å². The quantitative estimate of drug-likeness (QED) is 0.668. The number of nitrogens with zero attached hydrogens (tertiary/aromatic N) is 3. The summed E-state index contributed by atoms with van der Waals surface area (Å²) in [6.07, 6.45) is 2.34. The molecule has 4 nitrogen and oxygen atoms in total. The zero-order valence-corrected chi connectivity index (χ0v) is 8.49. The smallest absolute Gasteiger partial charge is 0.240 e. The van der Waals surface area contributed by atoms with E-state index in [-0.39, 0.29) is 0 Å². The zero-order chi connectivity index (χ0) is 9.97. The van der Waals surface area contributed by atoms with Gasteiger partial charge in [-0.3, -0.25) is 4.90 Å². The fourth-order valence-electron chi connectivity index (χ4n) is 1.76. The summed E-state index contributed by atoms with van der Waals surface area (Å²) < 4.78 is 5.07. The van der Waals surface area contributed by atoms with E-state index in [1.54, 1.807) is 0 Å². The van der Waals surface area contributed by atoms with Crippen molar-refractivity contribution >= 4 is 0 Å². The Hall–Kier alpha value is -1.16. The van der Waals surface area contributed by atoms with Gasteiger partial charge in [0.1, 0.15) is 0 Å². The SMILES string of the molecule is C=C1CCCN(Cc2nc(C)no2)C1. The molecule has 14 heavy (non-hydrogen) atoms. The molecule has 0 aromatic carbocycles. The summed E-state index contributed by atoms with van der Waals surface area (Å²) in [7, 11) is 0. The summed E-state index contributed by atoms with van der Waals surface area (Å²) in [4.78, 5) is 6.47. The van der Waals surface area contributed by atoms with Crippen molar-refractivity contribution in [3.05, 3.63) is 23.9 Å². The molecule has 0 atom stereocenters. The Morgan fingerprint density at radius 1 is 1.57 bits per heavy atom. The highest BCUT2D eigenvalue weighted by Crippen LogP contribution is 2.15. The Kier molecular flexibility index (Phi) is 2.63. The lowest BCUT2D eigenvalue weighted by Gasteiger charge is -2.26. The third-order valence-corrected chi connectivity index (χ3v) is 2.38. The molecule has 4 heteroatoms. The molecule has 0 unspecified atom stereocenters. The van der Waals surface area contributed by atoms with Gasteiger partial charge in [-0.2, -0.15) is 4.98 Å². The van der Waals surface area contributed by atoms with Crippen LogP contribution in [-0.2, 0) is 6.54 Å². The molecule has 1 aliphatic heterocycles. The highest BCUT2D eigenvalue weighted by atomic mass is 16.5. The molecule has 1 fully saturated rings. The van der Waals surface area contributed by atoms with Crippen molar-refractivity contribution in [3.63, 3.8) is 0 Å². The number of rotatable bonds is 2. The van der Waals surface area contributed by atoms with Crippen LogP contribution in [0.2, 0.25) is 0 Å². The monoisotopic (exact) mass is 193 g/mol. The minimum atomic E-state index is 0.704. The molecule has 0 bridgehead atoms. The predicted molar refractivity (Wildman–Crippen MR) is 52.7 cm³/mol. The summed E-state index contributed by atoms with van der Waals surface area (Å²) in [5.74, 6) is 1.41. The normalized spacial score (nSPS) is 18.8. The molecule has 0 radical (unpaired) electrons. The fourth-order valence-corrected chi connectivity index (χ4v) is 1.76. The lowest BCUT2D eigenvalue weighted by molar-refractivity contribution is 0.221. The molecule has 2 heterocycles. The fraction of sp³-hybridized carbons (Fsp3) is 0.600. The summed E-state index contributed by atoms with van der Waals surface area (Å²) >= 11 is 0. The van der Waals surface area contributed by atoms with Crippen LogP contribution in [0.3, 0.4) is 0 Å². The maximum absolute atomic E-state index is 5.07. The summed E-state index contributed by atoms with van der Waals surface area (Å²) in [6.45, 7) is 8.65. The molecule has 0 aliphatic carbocycles. The lowest BCUT2D eigenvalue weighted by Crippen LogP contribution is -2.30. The van der Waals surface area contributed by atoms with Crippen LogP contribution in [0.1, 0.15) is 24.6 Å². The minimum absolute atomic E-state index is 0.704. The average molecular weight is 193 g/mol. The second-order valence-corrected chi connectivity index (χ2v) is 3.80. The average Bonchev–Trinajstić information content (AvgIpc) is 2.51. The van der Waals surface area contributed by atoms with Gasteiger partial charge in [0.15, 0.2) is 5.82 Å². The van der Waals surface area contributed by atoms with Crippen molar-refractivity contribution in [1.82, 2.24) is 15.0 Å². The standard InChI is InChI=1S/C10H15N3O/c1-8-4-3-5-13(6-8)7-10-11-9(2)12-14-10/h1,3-7H2,2H3. The van der Waals surface area contributed by atoms with E-state index in [2.05, 4.69) is 21.6 Å². The van der Waals surface area contributed by atoms with Gasteiger partial charge in [0.05, 0.1) is 6.54 Å². The number of hydrogen-bond acceptors (Lipinski definition) is 4. The van der Waals surface area contributed by atoms with Crippen molar-refractivity contribution in [3.8, 4) is 0 Å². The molecule has 1 aromatic heterocycles. The highest BCUT2D eigenvalue weighted by molar-refractivity contribution is 5.01. The van der Waals surface area contributed by atoms with Crippen LogP contribution in [0.5, 0.6) is 0 Å². The molecule has 0 spiro atoms. The van der Waals surface area contributed by atoms with Crippen LogP contribution in [0.15, 0.2) is 16.7 Å². The van der Waals surface area contributed by atoms with Crippen LogP contribution in [0.25, 0.3) is 0 Å². The second kappa shape index (κ2) is 3.92. The van der Waals surface area contributed by atoms with Crippen LogP contribution in [0.4, 0.5) is 0 Å². The molecule has 0 amide bonds. The van der Waals surface area contributed by atoms with Gasteiger partial charge in [-0.25, -0.2) is 0 Å². The molecule has 0 N–H and O–H groups in total. The molecular formula is C10H15N3O. The first-order valence-corrected chi connectivity index (χ1v) is 4.92. The van der Waals surface area contributed by atoms with E-state index in [0.29, 0.717) is 11.7 Å². The Bertz CT molecular complexity index is 332. The Morgan fingerprint density at radius 3 is 3.07 bits per heavy atom. The number of likely N-dealkylation sites (tertiary alicyclic amines) is 1. The Labute approximate surface area is 83.6 Å². The van der Waals surface area contributed by atoms with E-state index in [0.717, 1.165) is 26.1 Å². The molecule has 76 valence electrons. The van der Waals surface area contributed by atoms with Gasteiger partial charge in [0.2, 0.25) is 5.89 Å². The maximum Gasteiger partial charge on any atom is 0.240 e. The molecular weight excluding hydrogens is 178 g/mol. The van der Waals surface area contributed by atoms with Gasteiger partial charge in [0.25, 0.3) is 0 Å². The van der Waals surface area contributed by atoms with E-state index in [4.69, 9.17) is 4.52 Å². The van der Waals surface area contributed by atoms with Gasteiger partial charge in [-0.1, -0.05) is 17.3 Å². The van der Waals surface area contributed by atoms with Gasteiger partial charge >= 0.3 is 0 Å². The molecule has 1 saturated heterocycles. The first-order chi connectivity index (χ1) is 6.74. The van der Waals surface area contributed by atoms with E-state index in [1.807, 2.05) is 6.92 Å². The van der Waals surface area contributed by atoms with E-state index >= 15 is 0 Å². The summed E-state index contributed by atoms with van der Waals surface area (Å²) in [5, 5.41) is 3.77. The topological polar surface area (TPSA) is 42.2 Å². The number of aromatic nitrogens is 2. The van der Waals surface area contributed by atoms with Crippen LogP contribution in [-0.4, -0.2) is 28.1 Å². The van der Waals surface area contributed by atoms with Crippen molar-refractivity contribution in [2.24, 2.45) is 0 Å². The first kappa shape index (κ1) is 9.40. The van der Waals surface area contributed by atoms with Crippen molar-refractivity contribution in [2.45, 2.75) is 26.3 Å². The van der Waals surface area contributed by atoms with Gasteiger partial charge in [-0.15, -0.1) is 0 Å². The van der Waals surface area contributed by atoms with Crippen LogP contribution < -0.4 is 0 Å². The molecule has 1 aromatic rings. The van der Waals surface area contributed by atoms with Crippen LogP contribution in [0, 0.1) is 6.92 Å². The molecule has 1 aliphatic rings.